The zero-order chi connectivity index (χ0) is 14.8. The first kappa shape index (κ1) is 15.3. The molecule has 1 aliphatic carbocycles. The van der Waals surface area contributed by atoms with E-state index >= 15 is 0 Å². The Balaban J connectivity index is 2.16. The van der Waals surface area contributed by atoms with Crippen LogP contribution in [0.4, 0.5) is 5.69 Å². The highest BCUT2D eigenvalue weighted by atomic mass is 32.2. The van der Waals surface area contributed by atoms with Crippen molar-refractivity contribution in [2.24, 2.45) is 5.92 Å². The summed E-state index contributed by atoms with van der Waals surface area (Å²) in [4.78, 5) is 0.275. The molecule has 0 aliphatic heterocycles. The van der Waals surface area contributed by atoms with Crippen molar-refractivity contribution in [1.82, 2.24) is 4.31 Å². The molecular weight excluding hydrogens is 276 g/mol. The molecule has 0 radical (unpaired) electrons. The monoisotopic (exact) mass is 298 g/mol. The number of aliphatic hydroxyl groups is 1. The zero-order valence-electron chi connectivity index (χ0n) is 11.9. The lowest BCUT2D eigenvalue weighted by Crippen LogP contribution is -2.25. The largest absolute Gasteiger partial charge is 0.393 e. The van der Waals surface area contributed by atoms with Gasteiger partial charge in [-0.25, -0.2) is 12.7 Å². The fourth-order valence-electron chi connectivity index (χ4n) is 2.53. The Kier molecular flexibility index (Phi) is 4.67. The fraction of sp³-hybridized carbons (Fsp3) is 0.571. The summed E-state index contributed by atoms with van der Waals surface area (Å²) in [7, 11) is -0.417. The number of para-hydroxylation sites is 1. The second-order valence-corrected chi connectivity index (χ2v) is 7.54. The zero-order valence-corrected chi connectivity index (χ0v) is 12.7. The van der Waals surface area contributed by atoms with Crippen LogP contribution in [0.1, 0.15) is 19.3 Å². The molecule has 6 heteroatoms. The van der Waals surface area contributed by atoms with Gasteiger partial charge in [0.05, 0.1) is 11.8 Å². The maximum Gasteiger partial charge on any atom is 0.244 e. The predicted octanol–water partition coefficient (Wildman–Crippen LogP) is 1.51. The highest BCUT2D eigenvalue weighted by molar-refractivity contribution is 7.89. The van der Waals surface area contributed by atoms with Crippen molar-refractivity contribution in [3.63, 3.8) is 0 Å². The maximum absolute atomic E-state index is 12.2. The average molecular weight is 298 g/mol. The van der Waals surface area contributed by atoms with Crippen LogP contribution >= 0.6 is 0 Å². The highest BCUT2D eigenvalue weighted by Crippen LogP contribution is 2.28. The second-order valence-electron chi connectivity index (χ2n) is 5.42. The van der Waals surface area contributed by atoms with Gasteiger partial charge in [-0.2, -0.15) is 0 Å². The van der Waals surface area contributed by atoms with E-state index in [1.807, 2.05) is 6.07 Å². The topological polar surface area (TPSA) is 69.6 Å². The molecule has 1 aromatic rings. The van der Waals surface area contributed by atoms with Crippen LogP contribution in [-0.4, -0.2) is 44.6 Å². The summed E-state index contributed by atoms with van der Waals surface area (Å²) in [6.07, 6.45) is 2.58. The van der Waals surface area contributed by atoms with Gasteiger partial charge in [0.25, 0.3) is 0 Å². The first-order valence-electron chi connectivity index (χ1n) is 6.86. The Morgan fingerprint density at radius 2 is 2.00 bits per heavy atom. The fourth-order valence-corrected chi connectivity index (χ4v) is 3.59. The molecule has 1 fully saturated rings. The number of rotatable bonds is 5. The molecular formula is C14H22N2O3S. The van der Waals surface area contributed by atoms with Gasteiger partial charge in [-0.1, -0.05) is 18.6 Å². The molecule has 2 N–H and O–H groups in total. The van der Waals surface area contributed by atoms with Crippen molar-refractivity contribution >= 4 is 15.7 Å². The van der Waals surface area contributed by atoms with E-state index in [1.165, 1.54) is 18.4 Å². The number of anilines is 1. The lowest BCUT2D eigenvalue weighted by atomic mass is 10.1. The van der Waals surface area contributed by atoms with Crippen molar-refractivity contribution in [2.45, 2.75) is 30.3 Å². The summed E-state index contributed by atoms with van der Waals surface area (Å²) in [6, 6.07) is 6.88. The molecule has 0 bridgehead atoms. The lowest BCUT2D eigenvalue weighted by molar-refractivity contribution is 0.138. The molecule has 2 rings (SSSR count). The van der Waals surface area contributed by atoms with Crippen LogP contribution in [-0.2, 0) is 10.0 Å². The summed E-state index contributed by atoms with van der Waals surface area (Å²) in [5.41, 5.74) is 0.598. The smallest absolute Gasteiger partial charge is 0.244 e. The number of sulfonamides is 1. The molecule has 5 nitrogen and oxygen atoms in total. The lowest BCUT2D eigenvalue weighted by Gasteiger charge is -2.19. The Bertz CT molecular complexity index is 557. The molecule has 112 valence electrons. The third kappa shape index (κ3) is 3.13. The minimum absolute atomic E-state index is 0.199. The molecule has 1 aromatic carbocycles. The van der Waals surface area contributed by atoms with Crippen molar-refractivity contribution in [2.75, 3.05) is 26.0 Å². The van der Waals surface area contributed by atoms with Crippen LogP contribution in [0.2, 0.25) is 0 Å². The van der Waals surface area contributed by atoms with E-state index in [2.05, 4.69) is 5.32 Å². The molecule has 0 saturated heterocycles. The molecule has 2 atom stereocenters. The Morgan fingerprint density at radius 1 is 1.30 bits per heavy atom. The van der Waals surface area contributed by atoms with Crippen LogP contribution in [0.3, 0.4) is 0 Å². The predicted molar refractivity (Wildman–Crippen MR) is 79.2 cm³/mol. The normalized spacial score (nSPS) is 23.2. The van der Waals surface area contributed by atoms with Gasteiger partial charge in [-0.05, 0) is 25.0 Å². The molecule has 1 saturated carbocycles. The first-order chi connectivity index (χ1) is 9.43. The number of hydrogen-bond donors (Lipinski definition) is 2. The maximum atomic E-state index is 12.2. The molecule has 0 aromatic heterocycles. The van der Waals surface area contributed by atoms with Crippen molar-refractivity contribution in [3.8, 4) is 0 Å². The molecule has 0 spiro atoms. The summed E-state index contributed by atoms with van der Waals surface area (Å²) in [5, 5.41) is 13.0. The molecule has 1 aliphatic rings. The van der Waals surface area contributed by atoms with E-state index in [4.69, 9.17) is 0 Å². The van der Waals surface area contributed by atoms with E-state index in [1.54, 1.807) is 18.2 Å². The Morgan fingerprint density at radius 3 is 2.60 bits per heavy atom. The van der Waals surface area contributed by atoms with Gasteiger partial charge in [-0.15, -0.1) is 0 Å². The molecule has 0 amide bonds. The van der Waals surface area contributed by atoms with E-state index in [0.717, 1.165) is 19.3 Å². The summed E-state index contributed by atoms with van der Waals surface area (Å²) < 4.78 is 25.7. The van der Waals surface area contributed by atoms with Gasteiger partial charge in [0.2, 0.25) is 10.0 Å². The summed E-state index contributed by atoms with van der Waals surface area (Å²) in [5.74, 6) is 0.199. The van der Waals surface area contributed by atoms with Crippen LogP contribution < -0.4 is 5.32 Å². The SMILES string of the molecule is CN(C)S(=O)(=O)c1ccccc1NCC1CCCC1O. The average Bonchev–Trinajstić information content (AvgIpc) is 2.82. The number of nitrogens with one attached hydrogen (secondary N) is 1. The number of aliphatic hydroxyl groups excluding tert-OH is 1. The molecule has 0 heterocycles. The molecule has 20 heavy (non-hydrogen) atoms. The highest BCUT2D eigenvalue weighted by Gasteiger charge is 2.26. The van der Waals surface area contributed by atoms with E-state index < -0.39 is 10.0 Å². The first-order valence-corrected chi connectivity index (χ1v) is 8.30. The minimum Gasteiger partial charge on any atom is -0.393 e. The summed E-state index contributed by atoms with van der Waals surface area (Å²) in [6.45, 7) is 0.598. The third-order valence-corrected chi connectivity index (χ3v) is 5.69. The van der Waals surface area contributed by atoms with Gasteiger partial charge in [0.1, 0.15) is 4.90 Å². The van der Waals surface area contributed by atoms with E-state index in [0.29, 0.717) is 12.2 Å². The van der Waals surface area contributed by atoms with Crippen molar-refractivity contribution in [3.05, 3.63) is 24.3 Å². The van der Waals surface area contributed by atoms with E-state index in [9.17, 15) is 13.5 Å². The van der Waals surface area contributed by atoms with Gasteiger partial charge in [0.15, 0.2) is 0 Å². The Labute approximate surface area is 120 Å². The van der Waals surface area contributed by atoms with Gasteiger partial charge < -0.3 is 10.4 Å². The van der Waals surface area contributed by atoms with Crippen molar-refractivity contribution < 1.29 is 13.5 Å². The van der Waals surface area contributed by atoms with Gasteiger partial charge in [-0.3, -0.25) is 0 Å². The number of hydrogen-bond acceptors (Lipinski definition) is 4. The van der Waals surface area contributed by atoms with Crippen LogP contribution in [0.5, 0.6) is 0 Å². The summed E-state index contributed by atoms with van der Waals surface area (Å²) >= 11 is 0. The van der Waals surface area contributed by atoms with E-state index in [-0.39, 0.29) is 16.9 Å². The van der Waals surface area contributed by atoms with Crippen LogP contribution in [0.25, 0.3) is 0 Å². The molecule has 2 unspecified atom stereocenters. The van der Waals surface area contributed by atoms with Gasteiger partial charge in [0, 0.05) is 26.6 Å². The van der Waals surface area contributed by atoms with Crippen molar-refractivity contribution in [1.29, 1.82) is 0 Å². The second kappa shape index (κ2) is 6.11. The number of nitrogens with zero attached hydrogens (tertiary/aromatic N) is 1. The third-order valence-electron chi connectivity index (χ3n) is 3.82. The quantitative estimate of drug-likeness (QED) is 0.864. The standard InChI is InChI=1S/C14H22N2O3S/c1-16(2)20(18,19)14-9-4-3-7-12(14)15-10-11-6-5-8-13(11)17/h3-4,7,9,11,13,15,17H,5-6,8,10H2,1-2H3. The minimum atomic E-state index is -3.46. The van der Waals surface area contributed by atoms with Crippen LogP contribution in [0.15, 0.2) is 29.2 Å². The van der Waals surface area contributed by atoms with Gasteiger partial charge >= 0.3 is 0 Å². The Hall–Kier alpha value is -1.11. The van der Waals surface area contributed by atoms with Crippen LogP contribution in [0, 0.1) is 5.92 Å². The number of benzene rings is 1.